The topological polar surface area (TPSA) is 60.0 Å². The molecule has 6 nitrogen and oxygen atoms in total. The highest BCUT2D eigenvalue weighted by Gasteiger charge is 2.24. The number of likely N-dealkylation sites (tertiary alicyclic amines) is 1. The number of para-hydroxylation sites is 1. The van der Waals surface area contributed by atoms with E-state index in [9.17, 15) is 4.79 Å². The minimum atomic E-state index is 0. The van der Waals surface area contributed by atoms with Crippen molar-refractivity contribution in [2.75, 3.05) is 37.6 Å². The van der Waals surface area contributed by atoms with E-state index in [0.717, 1.165) is 63.6 Å². The van der Waals surface area contributed by atoms with Gasteiger partial charge in [0.05, 0.1) is 0 Å². The highest BCUT2D eigenvalue weighted by atomic mass is 127. The van der Waals surface area contributed by atoms with Gasteiger partial charge in [-0.2, -0.15) is 0 Å². The maximum absolute atomic E-state index is 12.8. The van der Waals surface area contributed by atoms with Crippen LogP contribution < -0.4 is 15.5 Å². The van der Waals surface area contributed by atoms with Crippen molar-refractivity contribution in [2.45, 2.75) is 38.8 Å². The Balaban J connectivity index is 0.00000289. The molecule has 0 atom stereocenters. The normalized spacial score (nSPS) is 16.9. The molecule has 1 amide bonds. The van der Waals surface area contributed by atoms with Crippen LogP contribution in [0.2, 0.25) is 0 Å². The zero-order chi connectivity index (χ0) is 21.5. The molecule has 0 spiro atoms. The lowest BCUT2D eigenvalue weighted by Crippen LogP contribution is -2.48. The van der Waals surface area contributed by atoms with Gasteiger partial charge >= 0.3 is 0 Å². The first-order valence-electron chi connectivity index (χ1n) is 11.4. The summed E-state index contributed by atoms with van der Waals surface area (Å²) >= 11 is 0. The number of aliphatic imine (C=N–C) groups is 1. The molecular formula is C25H34IN5O. The van der Waals surface area contributed by atoms with Gasteiger partial charge in [0.1, 0.15) is 6.54 Å². The van der Waals surface area contributed by atoms with Crippen molar-refractivity contribution in [2.24, 2.45) is 4.99 Å². The predicted molar refractivity (Wildman–Crippen MR) is 142 cm³/mol. The number of anilines is 1. The van der Waals surface area contributed by atoms with Gasteiger partial charge in [-0.3, -0.25) is 9.69 Å². The van der Waals surface area contributed by atoms with Gasteiger partial charge in [0.2, 0.25) is 5.91 Å². The van der Waals surface area contributed by atoms with Crippen LogP contribution in [0, 0.1) is 0 Å². The van der Waals surface area contributed by atoms with Crippen molar-refractivity contribution < 1.29 is 4.79 Å². The van der Waals surface area contributed by atoms with E-state index in [1.165, 1.54) is 11.1 Å². The van der Waals surface area contributed by atoms with Crippen molar-refractivity contribution in [3.8, 4) is 0 Å². The lowest BCUT2D eigenvalue weighted by atomic mass is 10.0. The largest absolute Gasteiger partial charge is 0.357 e. The molecule has 0 saturated carbocycles. The van der Waals surface area contributed by atoms with Crippen LogP contribution >= 0.6 is 24.0 Å². The molecule has 2 aliphatic heterocycles. The van der Waals surface area contributed by atoms with E-state index < -0.39 is 0 Å². The first-order chi connectivity index (χ1) is 15.2. The van der Waals surface area contributed by atoms with E-state index in [1.807, 2.05) is 23.1 Å². The number of nitrogens with one attached hydrogen (secondary N) is 2. The Bertz CT molecular complexity index is 896. The summed E-state index contributed by atoms with van der Waals surface area (Å²) in [6.07, 6.45) is 3.07. The van der Waals surface area contributed by atoms with Gasteiger partial charge in [-0.25, -0.2) is 4.99 Å². The van der Waals surface area contributed by atoms with Crippen LogP contribution in [-0.4, -0.2) is 55.5 Å². The van der Waals surface area contributed by atoms with E-state index in [2.05, 4.69) is 63.8 Å². The van der Waals surface area contributed by atoms with E-state index in [4.69, 9.17) is 0 Å². The number of halogens is 1. The minimum Gasteiger partial charge on any atom is -0.357 e. The first kappa shape index (κ1) is 24.5. The summed E-state index contributed by atoms with van der Waals surface area (Å²) in [6.45, 7) is 6.88. The first-order valence-corrected chi connectivity index (χ1v) is 11.4. The Labute approximate surface area is 208 Å². The Morgan fingerprint density at radius 2 is 1.75 bits per heavy atom. The molecule has 1 saturated heterocycles. The summed E-state index contributed by atoms with van der Waals surface area (Å²) in [5.74, 6) is 0.796. The monoisotopic (exact) mass is 547 g/mol. The molecule has 0 unspecified atom stereocenters. The van der Waals surface area contributed by atoms with Crippen LogP contribution in [0.15, 0.2) is 59.6 Å². The van der Waals surface area contributed by atoms with Crippen molar-refractivity contribution in [1.82, 2.24) is 15.5 Å². The Kier molecular flexibility index (Phi) is 9.35. The number of rotatable bonds is 6. The van der Waals surface area contributed by atoms with Gasteiger partial charge in [-0.1, -0.05) is 48.5 Å². The second-order valence-corrected chi connectivity index (χ2v) is 8.30. The molecule has 1 fully saturated rings. The number of hydrogen-bond donors (Lipinski definition) is 2. The van der Waals surface area contributed by atoms with E-state index in [-0.39, 0.29) is 36.4 Å². The average Bonchev–Trinajstić information content (AvgIpc) is 3.24. The SMILES string of the molecule is CCNC(=NCC(=O)N1CCc2ccccc21)NC1CCN(Cc2ccccc2)CC1.I. The predicted octanol–water partition coefficient (Wildman–Crippen LogP) is 3.41. The molecule has 172 valence electrons. The third-order valence-corrected chi connectivity index (χ3v) is 6.08. The lowest BCUT2D eigenvalue weighted by molar-refractivity contribution is -0.117. The summed E-state index contributed by atoms with van der Waals surface area (Å²) in [7, 11) is 0. The minimum absolute atomic E-state index is 0. The van der Waals surface area contributed by atoms with Crippen LogP contribution in [0.5, 0.6) is 0 Å². The number of fused-ring (bicyclic) bond motifs is 1. The molecule has 0 radical (unpaired) electrons. The molecule has 2 aliphatic rings. The van der Waals surface area contributed by atoms with Gasteiger partial charge in [0.25, 0.3) is 0 Å². The fourth-order valence-electron chi connectivity index (χ4n) is 4.42. The fourth-order valence-corrected chi connectivity index (χ4v) is 4.42. The fraction of sp³-hybridized carbons (Fsp3) is 0.440. The molecule has 2 heterocycles. The number of carbonyl (C=O) groups is 1. The van der Waals surface area contributed by atoms with Crippen LogP contribution in [0.3, 0.4) is 0 Å². The molecule has 2 aromatic carbocycles. The highest BCUT2D eigenvalue weighted by Crippen LogP contribution is 2.27. The third kappa shape index (κ3) is 6.45. The summed E-state index contributed by atoms with van der Waals surface area (Å²) in [5.41, 5.74) is 3.64. The Hall–Kier alpha value is -2.13. The summed E-state index contributed by atoms with van der Waals surface area (Å²) in [4.78, 5) is 21.8. The Morgan fingerprint density at radius 1 is 1.03 bits per heavy atom. The lowest BCUT2D eigenvalue weighted by Gasteiger charge is -2.33. The van der Waals surface area contributed by atoms with E-state index >= 15 is 0 Å². The maximum atomic E-state index is 12.8. The van der Waals surface area contributed by atoms with Crippen molar-refractivity contribution in [1.29, 1.82) is 0 Å². The number of benzene rings is 2. The Morgan fingerprint density at radius 3 is 2.50 bits per heavy atom. The second-order valence-electron chi connectivity index (χ2n) is 8.30. The smallest absolute Gasteiger partial charge is 0.248 e. The molecule has 0 aromatic heterocycles. The van der Waals surface area contributed by atoms with Gasteiger partial charge < -0.3 is 15.5 Å². The van der Waals surface area contributed by atoms with Crippen LogP contribution in [0.1, 0.15) is 30.9 Å². The van der Waals surface area contributed by atoms with Crippen molar-refractivity contribution >= 4 is 41.5 Å². The summed E-state index contributed by atoms with van der Waals surface area (Å²) < 4.78 is 0. The molecule has 2 aromatic rings. The number of guanidine groups is 1. The summed E-state index contributed by atoms with van der Waals surface area (Å²) in [6, 6.07) is 19.2. The van der Waals surface area contributed by atoms with Crippen molar-refractivity contribution in [3.05, 3.63) is 65.7 Å². The van der Waals surface area contributed by atoms with Crippen LogP contribution in [0.25, 0.3) is 0 Å². The number of carbonyl (C=O) groups excluding carboxylic acids is 1. The van der Waals surface area contributed by atoms with E-state index in [0.29, 0.717) is 6.04 Å². The van der Waals surface area contributed by atoms with Gasteiger partial charge in [0.15, 0.2) is 5.96 Å². The molecule has 0 aliphatic carbocycles. The van der Waals surface area contributed by atoms with Gasteiger partial charge in [0, 0.05) is 44.5 Å². The number of piperidine rings is 1. The molecule has 4 rings (SSSR count). The maximum Gasteiger partial charge on any atom is 0.248 e. The number of hydrogen-bond acceptors (Lipinski definition) is 3. The van der Waals surface area contributed by atoms with Crippen LogP contribution in [-0.2, 0) is 17.8 Å². The van der Waals surface area contributed by atoms with Crippen molar-refractivity contribution in [3.63, 3.8) is 0 Å². The molecule has 2 N–H and O–H groups in total. The molecule has 32 heavy (non-hydrogen) atoms. The molecular weight excluding hydrogens is 513 g/mol. The van der Waals surface area contributed by atoms with Gasteiger partial charge in [-0.05, 0) is 43.4 Å². The number of nitrogens with zero attached hydrogens (tertiary/aromatic N) is 3. The van der Waals surface area contributed by atoms with E-state index in [1.54, 1.807) is 0 Å². The molecule has 0 bridgehead atoms. The standard InChI is InChI=1S/C25H33N5O.HI/c1-2-26-25(27-18-24(31)30-17-12-21-10-6-7-11-23(21)30)28-22-13-15-29(16-14-22)19-20-8-4-3-5-9-20;/h3-11,22H,2,12-19H2,1H3,(H2,26,27,28);1H. The van der Waals surface area contributed by atoms with Crippen LogP contribution in [0.4, 0.5) is 5.69 Å². The zero-order valence-electron chi connectivity index (χ0n) is 18.8. The number of amides is 1. The zero-order valence-corrected chi connectivity index (χ0v) is 21.1. The average molecular weight is 547 g/mol. The second kappa shape index (κ2) is 12.2. The third-order valence-electron chi connectivity index (χ3n) is 6.08. The summed E-state index contributed by atoms with van der Waals surface area (Å²) in [5, 5.41) is 6.85. The van der Waals surface area contributed by atoms with Gasteiger partial charge in [-0.15, -0.1) is 24.0 Å². The quantitative estimate of drug-likeness (QED) is 0.331. The molecule has 7 heteroatoms. The highest BCUT2D eigenvalue weighted by molar-refractivity contribution is 14.0.